The lowest BCUT2D eigenvalue weighted by atomic mass is 10.1. The molecule has 1 aromatic carbocycles. The number of hydrogen-bond donors (Lipinski definition) is 2. The van der Waals surface area contributed by atoms with Crippen LogP contribution in [0.2, 0.25) is 0 Å². The molecule has 29 heavy (non-hydrogen) atoms. The summed E-state index contributed by atoms with van der Waals surface area (Å²) >= 11 is 6.44. The van der Waals surface area contributed by atoms with Crippen LogP contribution in [-0.4, -0.2) is 49.4 Å². The van der Waals surface area contributed by atoms with Gasteiger partial charge in [0.15, 0.2) is 0 Å². The van der Waals surface area contributed by atoms with Crippen molar-refractivity contribution in [1.29, 1.82) is 0 Å². The van der Waals surface area contributed by atoms with Crippen LogP contribution in [0.5, 0.6) is 0 Å². The number of rotatable bonds is 12. The molecule has 1 fully saturated rings. The lowest BCUT2D eigenvalue weighted by Gasteiger charge is -2.13. The lowest BCUT2D eigenvalue weighted by molar-refractivity contribution is -0.121. The molecule has 1 aromatic rings. The van der Waals surface area contributed by atoms with Crippen molar-refractivity contribution in [2.45, 2.75) is 39.0 Å². The van der Waals surface area contributed by atoms with Gasteiger partial charge in [0.1, 0.15) is 4.32 Å². The fraction of sp³-hybridized carbons (Fsp3) is 0.500. The van der Waals surface area contributed by atoms with Crippen molar-refractivity contribution in [3.05, 3.63) is 34.7 Å². The van der Waals surface area contributed by atoms with Crippen molar-refractivity contribution < 1.29 is 13.2 Å². The fourth-order valence-corrected chi connectivity index (χ4v) is 4.75. The molecule has 1 aliphatic heterocycles. The summed E-state index contributed by atoms with van der Waals surface area (Å²) in [5.41, 5.74) is 1.96. The molecule has 0 atom stereocenters. The van der Waals surface area contributed by atoms with Gasteiger partial charge in [-0.1, -0.05) is 68.7 Å². The van der Waals surface area contributed by atoms with Gasteiger partial charge in [0.05, 0.1) is 10.7 Å². The van der Waals surface area contributed by atoms with Crippen LogP contribution < -0.4 is 10.0 Å². The predicted molar refractivity (Wildman–Crippen MR) is 126 cm³/mol. The Labute approximate surface area is 183 Å². The van der Waals surface area contributed by atoms with Gasteiger partial charge in [-0.3, -0.25) is 9.69 Å². The molecule has 1 aliphatic rings. The normalized spacial score (nSPS) is 16.1. The Morgan fingerprint density at radius 2 is 1.83 bits per heavy atom. The number of thiocarbonyl (C=S) groups is 1. The molecule has 1 saturated heterocycles. The summed E-state index contributed by atoms with van der Waals surface area (Å²) in [6.45, 7) is 3.22. The van der Waals surface area contributed by atoms with E-state index in [0.717, 1.165) is 24.2 Å². The van der Waals surface area contributed by atoms with E-state index in [2.05, 4.69) is 17.0 Å². The number of benzene rings is 1. The summed E-state index contributed by atoms with van der Waals surface area (Å²) in [6.07, 6.45) is 8.04. The maximum absolute atomic E-state index is 12.6. The standard InChI is InChI=1S/C20H29N3O3S3/c1-3-4-5-6-7-12-22-17-10-8-16(9-11-17)15-18-19(24)23(20(27)28-18)13-14-29(25,26)21-2/h8-11,15,21-22H,3-7,12-14H2,1-2H3/b18-15-. The van der Waals surface area contributed by atoms with Crippen molar-refractivity contribution in [3.63, 3.8) is 0 Å². The van der Waals surface area contributed by atoms with Crippen molar-refractivity contribution in [2.24, 2.45) is 0 Å². The Morgan fingerprint density at radius 3 is 2.48 bits per heavy atom. The molecular weight excluding hydrogens is 426 g/mol. The van der Waals surface area contributed by atoms with E-state index in [1.54, 1.807) is 6.08 Å². The summed E-state index contributed by atoms with van der Waals surface area (Å²) in [7, 11) is -2.04. The Balaban J connectivity index is 1.89. The molecule has 160 valence electrons. The first-order valence-electron chi connectivity index (χ1n) is 9.87. The topological polar surface area (TPSA) is 78.5 Å². The number of nitrogens with zero attached hydrogens (tertiary/aromatic N) is 1. The van der Waals surface area contributed by atoms with Gasteiger partial charge in [0.25, 0.3) is 5.91 Å². The van der Waals surface area contributed by atoms with Crippen LogP contribution in [0, 0.1) is 0 Å². The number of thioether (sulfide) groups is 1. The van der Waals surface area contributed by atoms with E-state index in [1.165, 1.54) is 49.4 Å². The molecule has 0 unspecified atom stereocenters. The Morgan fingerprint density at radius 1 is 1.14 bits per heavy atom. The molecular formula is C20H29N3O3S3. The molecule has 6 nitrogen and oxygen atoms in total. The van der Waals surface area contributed by atoms with Crippen LogP contribution in [0.15, 0.2) is 29.2 Å². The van der Waals surface area contributed by atoms with Gasteiger partial charge in [-0.15, -0.1) is 0 Å². The molecule has 0 bridgehead atoms. The quantitative estimate of drug-likeness (QED) is 0.283. The molecule has 0 spiro atoms. The number of anilines is 1. The summed E-state index contributed by atoms with van der Waals surface area (Å²) < 4.78 is 25.8. The van der Waals surface area contributed by atoms with E-state index in [0.29, 0.717) is 9.23 Å². The molecule has 9 heteroatoms. The summed E-state index contributed by atoms with van der Waals surface area (Å²) in [5, 5.41) is 3.42. The zero-order chi connectivity index (χ0) is 21.3. The number of sulfonamides is 1. The van der Waals surface area contributed by atoms with Crippen LogP contribution in [-0.2, 0) is 14.8 Å². The van der Waals surface area contributed by atoms with E-state index in [-0.39, 0.29) is 18.2 Å². The molecule has 1 amide bonds. The highest BCUT2D eigenvalue weighted by molar-refractivity contribution is 8.26. The number of carbonyl (C=O) groups is 1. The zero-order valence-electron chi connectivity index (χ0n) is 16.9. The molecule has 1 heterocycles. The highest BCUT2D eigenvalue weighted by Crippen LogP contribution is 2.32. The first-order chi connectivity index (χ1) is 13.9. The van der Waals surface area contributed by atoms with Gasteiger partial charge in [0, 0.05) is 18.8 Å². The number of nitrogens with one attached hydrogen (secondary N) is 2. The van der Waals surface area contributed by atoms with Gasteiger partial charge in [0.2, 0.25) is 10.0 Å². The third-order valence-corrected chi connectivity index (χ3v) is 7.31. The van der Waals surface area contributed by atoms with Crippen molar-refractivity contribution in [1.82, 2.24) is 9.62 Å². The van der Waals surface area contributed by atoms with Crippen LogP contribution in [0.4, 0.5) is 5.69 Å². The molecule has 0 aromatic heterocycles. The van der Waals surface area contributed by atoms with Gasteiger partial charge in [-0.2, -0.15) is 0 Å². The van der Waals surface area contributed by atoms with E-state index in [4.69, 9.17) is 12.2 Å². The Kier molecular flexibility index (Phi) is 9.61. The minimum absolute atomic E-state index is 0.0479. The second-order valence-electron chi connectivity index (χ2n) is 6.82. The fourth-order valence-electron chi connectivity index (χ4n) is 2.82. The van der Waals surface area contributed by atoms with E-state index in [1.807, 2.05) is 24.3 Å². The minimum Gasteiger partial charge on any atom is -0.385 e. The highest BCUT2D eigenvalue weighted by atomic mass is 32.2. The monoisotopic (exact) mass is 455 g/mol. The lowest BCUT2D eigenvalue weighted by Crippen LogP contribution is -2.35. The zero-order valence-corrected chi connectivity index (χ0v) is 19.4. The summed E-state index contributed by atoms with van der Waals surface area (Å²) in [5.74, 6) is -0.428. The molecule has 0 aliphatic carbocycles. The summed E-state index contributed by atoms with van der Waals surface area (Å²) in [6, 6.07) is 7.91. The van der Waals surface area contributed by atoms with Crippen LogP contribution in [0.25, 0.3) is 6.08 Å². The van der Waals surface area contributed by atoms with Gasteiger partial charge >= 0.3 is 0 Å². The molecule has 0 saturated carbocycles. The maximum Gasteiger partial charge on any atom is 0.266 e. The predicted octanol–water partition coefficient (Wildman–Crippen LogP) is 3.82. The Bertz CT molecular complexity index is 836. The number of unbranched alkanes of at least 4 members (excludes halogenated alkanes) is 4. The van der Waals surface area contributed by atoms with Gasteiger partial charge in [-0.05, 0) is 37.2 Å². The first-order valence-corrected chi connectivity index (χ1v) is 12.7. The molecule has 0 radical (unpaired) electrons. The second kappa shape index (κ2) is 11.7. The number of amides is 1. The SMILES string of the molecule is CCCCCCCNc1ccc(/C=C2\SC(=S)N(CCS(=O)(=O)NC)C2=O)cc1. The number of hydrogen-bond acceptors (Lipinski definition) is 6. The van der Waals surface area contributed by atoms with Crippen molar-refractivity contribution in [3.8, 4) is 0 Å². The molecule has 2 N–H and O–H groups in total. The van der Waals surface area contributed by atoms with Crippen molar-refractivity contribution >= 4 is 56.0 Å². The average Bonchev–Trinajstić information content (AvgIpc) is 2.97. The van der Waals surface area contributed by atoms with Gasteiger partial charge < -0.3 is 5.32 Å². The smallest absolute Gasteiger partial charge is 0.266 e. The number of carbonyl (C=O) groups excluding carboxylic acids is 1. The second-order valence-corrected chi connectivity index (χ2v) is 10.5. The van der Waals surface area contributed by atoms with Gasteiger partial charge in [-0.25, -0.2) is 13.1 Å². The van der Waals surface area contributed by atoms with E-state index in [9.17, 15) is 13.2 Å². The molecule has 2 rings (SSSR count). The van der Waals surface area contributed by atoms with Crippen LogP contribution in [0.1, 0.15) is 44.6 Å². The third kappa shape index (κ3) is 7.73. The minimum atomic E-state index is -3.39. The van der Waals surface area contributed by atoms with Crippen LogP contribution in [0.3, 0.4) is 0 Å². The highest BCUT2D eigenvalue weighted by Gasteiger charge is 2.32. The van der Waals surface area contributed by atoms with E-state index < -0.39 is 10.0 Å². The maximum atomic E-state index is 12.6. The Hall–Kier alpha value is -1.42. The van der Waals surface area contributed by atoms with Crippen LogP contribution >= 0.6 is 24.0 Å². The third-order valence-electron chi connectivity index (χ3n) is 4.59. The largest absolute Gasteiger partial charge is 0.385 e. The van der Waals surface area contributed by atoms with Crippen molar-refractivity contribution in [2.75, 3.05) is 31.2 Å². The summed E-state index contributed by atoms with van der Waals surface area (Å²) in [4.78, 5) is 14.4. The first kappa shape index (κ1) is 23.9. The average molecular weight is 456 g/mol. The van der Waals surface area contributed by atoms with E-state index >= 15 is 0 Å².